The van der Waals surface area contributed by atoms with Crippen molar-refractivity contribution >= 4 is 85.4 Å². The number of amides is 3. The van der Waals surface area contributed by atoms with Crippen molar-refractivity contribution in [2.75, 3.05) is 194 Å². The highest BCUT2D eigenvalue weighted by atomic mass is 35.5. The van der Waals surface area contributed by atoms with Gasteiger partial charge in [-0.3, -0.25) is 19.3 Å². The van der Waals surface area contributed by atoms with Crippen LogP contribution in [0.5, 0.6) is 23.8 Å². The van der Waals surface area contributed by atoms with Gasteiger partial charge in [-0.2, -0.15) is 29.9 Å². The van der Waals surface area contributed by atoms with E-state index in [4.69, 9.17) is 68.9 Å². The second-order valence-corrected chi connectivity index (χ2v) is 33.2. The lowest BCUT2D eigenvalue weighted by Crippen LogP contribution is -2.56. The third kappa shape index (κ3) is 19.7. The number of carbonyl (C=O) groups is 3. The zero-order chi connectivity index (χ0) is 84.8. The van der Waals surface area contributed by atoms with Gasteiger partial charge in [-0.25, -0.2) is 17.5 Å². The summed E-state index contributed by atoms with van der Waals surface area (Å²) in [6.07, 6.45) is 15.5. The van der Waals surface area contributed by atoms with E-state index in [0.717, 1.165) is 136 Å². The van der Waals surface area contributed by atoms with Gasteiger partial charge in [0, 0.05) is 155 Å². The normalized spacial score (nSPS) is 20.0. The predicted octanol–water partition coefficient (Wildman–Crippen LogP) is 11.6. The molecule has 2 unspecified atom stereocenters. The highest BCUT2D eigenvalue weighted by Crippen LogP contribution is 2.41. The number of aromatic hydroxyl groups is 1. The van der Waals surface area contributed by atoms with Crippen LogP contribution in [0.25, 0.3) is 31.2 Å². The fraction of sp³-hybridized carbons (Fsp3) is 0.473. The summed E-state index contributed by atoms with van der Waals surface area (Å²) < 4.78 is 33.6. The van der Waals surface area contributed by atoms with Crippen LogP contribution in [0, 0.1) is 19.0 Å². The summed E-state index contributed by atoms with van der Waals surface area (Å²) in [5, 5.41) is 14.8. The van der Waals surface area contributed by atoms with E-state index in [0.29, 0.717) is 148 Å². The van der Waals surface area contributed by atoms with E-state index >= 15 is 0 Å². The standard InChI is InChI=1S/C33H39N7O2.C32H37N7O2.C28H36ClFN6O3/c1-4-31(41)40-19-18-39(21-26(40)20-34-3)32-28-15-17-38(30-14-8-11-24-10-6-7-13-27(24)30)22-29(28)35-33(36-32)42-23-25-12-9-16-37(25)5-2;1-4-30(40)39-18-17-38(20-25(39)19-33-2)31-27-14-16-37(29-13-7-10-23-9-5-6-12-26(23)29)21-28(27)34-32(35-31)41-22-24-11-8-15-36(24)3;1-2-25(38)34-12-14-35(15-13-34)27-21-7-11-36(24-18-20(37)17-22(29)26(24)30)19-23(21)31-28(32-27)39-16-6-10-33-8-4-3-5-9-33/h4,6-8,10-11,13-14,25-26H,1,5,9,12,15-23H2,2H3;4-7,9-10,12-13,24-25H,1,8,11,14-22H2,3H3;2,17-18,37H,1,3-16,19H2/t25-,26?;24-,25?;/m00./s1. The molecule has 8 aromatic rings. The average molecular weight is 1680 g/mol. The summed E-state index contributed by atoms with van der Waals surface area (Å²) in [7, 11) is 2.14. The Labute approximate surface area is 720 Å². The minimum atomic E-state index is -0.565. The summed E-state index contributed by atoms with van der Waals surface area (Å²) in [5.41, 5.74) is 8.66. The van der Waals surface area contributed by atoms with Gasteiger partial charge in [0.05, 0.1) is 54.0 Å². The molecule has 640 valence electrons. The van der Waals surface area contributed by atoms with Gasteiger partial charge < -0.3 is 82.9 Å². The van der Waals surface area contributed by atoms with Crippen LogP contribution in [0.2, 0.25) is 5.02 Å². The van der Waals surface area contributed by atoms with Gasteiger partial charge in [0.2, 0.25) is 30.8 Å². The van der Waals surface area contributed by atoms with Crippen LogP contribution in [0.15, 0.2) is 135 Å². The molecule has 27 nitrogen and oxygen atoms in total. The van der Waals surface area contributed by atoms with Crippen molar-refractivity contribution < 1.29 is 38.1 Å². The van der Waals surface area contributed by atoms with Crippen molar-refractivity contribution in [2.45, 2.75) is 121 Å². The molecule has 1 N–H and O–H groups in total. The molecule has 122 heavy (non-hydrogen) atoms. The molecule has 9 aliphatic heterocycles. The molecule has 0 aliphatic carbocycles. The zero-order valence-electron chi connectivity index (χ0n) is 70.4. The number of rotatable bonds is 23. The monoisotopic (exact) mass is 1670 g/mol. The van der Waals surface area contributed by atoms with Gasteiger partial charge in [-0.15, -0.1) is 0 Å². The van der Waals surface area contributed by atoms with E-state index in [2.05, 4.69) is 168 Å². The van der Waals surface area contributed by atoms with Crippen LogP contribution >= 0.6 is 11.6 Å². The Kier molecular flexibility index (Phi) is 28.1. The molecule has 3 aromatic heterocycles. The molecular weight excluding hydrogens is 1560 g/mol. The number of nitrogens with zero attached hydrogens (tertiary/aromatic N) is 20. The number of piperazine rings is 3. The third-order valence-electron chi connectivity index (χ3n) is 25.5. The van der Waals surface area contributed by atoms with Crippen molar-refractivity contribution in [1.29, 1.82) is 0 Å². The number of ether oxygens (including phenoxy) is 3. The molecule has 12 heterocycles. The molecular formula is C93H112ClFN20O7. The average Bonchev–Trinajstić information content (AvgIpc) is 1.37. The van der Waals surface area contributed by atoms with Crippen molar-refractivity contribution in [3.63, 3.8) is 0 Å². The quantitative estimate of drug-likeness (QED) is 0.0357. The Morgan fingerprint density at radius 3 is 1.48 bits per heavy atom. The number of benzene rings is 5. The number of likely N-dealkylation sites (N-methyl/N-ethyl adjacent to an activating group) is 2. The summed E-state index contributed by atoms with van der Waals surface area (Å²) in [5.74, 6) is 1.60. The number of likely N-dealkylation sites (tertiary alicyclic amines) is 3. The predicted molar refractivity (Wildman–Crippen MR) is 476 cm³/mol. The van der Waals surface area contributed by atoms with E-state index in [-0.39, 0.29) is 59.4 Å². The van der Waals surface area contributed by atoms with Crippen molar-refractivity contribution in [3.05, 3.63) is 202 Å². The van der Waals surface area contributed by atoms with E-state index in [1.165, 1.54) is 95.4 Å². The maximum atomic E-state index is 14.9. The van der Waals surface area contributed by atoms with Crippen LogP contribution < -0.4 is 43.6 Å². The SMILES string of the molecule is C=CC(=O)N1CCN(c2nc(OCCCN3CCCCC3)nc3c2CCN(c2cc(O)cc(Cl)c2F)C3)CC1.[C-]#[N+]CC1CN(c2nc(OC[C@@H]3CCCN3C)nc3c2CCN(c2cccc4ccccc24)C3)CCN1C(=O)C=C.[C-]#[N+]CC1CN(c2nc(OC[C@@H]3CCCN3CC)nc3c2CCN(c2cccc4ccccc24)C3)CCN1C(=O)C=C. The molecule has 3 amide bonds. The Morgan fingerprint density at radius 1 is 0.516 bits per heavy atom. The van der Waals surface area contributed by atoms with Crippen molar-refractivity contribution in [2.24, 2.45) is 0 Å². The molecule has 4 atom stereocenters. The van der Waals surface area contributed by atoms with Gasteiger partial charge in [0.15, 0.2) is 5.82 Å². The molecule has 6 fully saturated rings. The van der Waals surface area contributed by atoms with Crippen LogP contribution in [-0.2, 0) is 53.3 Å². The lowest BCUT2D eigenvalue weighted by molar-refractivity contribution is -0.129. The fourth-order valence-corrected chi connectivity index (χ4v) is 19.1. The smallest absolute Gasteiger partial charge is 0.318 e. The van der Waals surface area contributed by atoms with Gasteiger partial charge in [0.1, 0.15) is 48.5 Å². The van der Waals surface area contributed by atoms with E-state index in [1.54, 1.807) is 14.7 Å². The van der Waals surface area contributed by atoms with Crippen LogP contribution in [0.4, 0.5) is 38.9 Å². The Hall–Kier alpha value is -11.4. The van der Waals surface area contributed by atoms with Gasteiger partial charge in [-0.1, -0.05) is 117 Å². The number of phenols is 1. The molecule has 9 aliphatic rings. The highest BCUT2D eigenvalue weighted by Gasteiger charge is 2.39. The highest BCUT2D eigenvalue weighted by molar-refractivity contribution is 6.31. The first-order valence-electron chi connectivity index (χ1n) is 43.4. The first-order valence-corrected chi connectivity index (χ1v) is 43.8. The number of fused-ring (bicyclic) bond motifs is 5. The second-order valence-electron chi connectivity index (χ2n) is 32.8. The van der Waals surface area contributed by atoms with Crippen LogP contribution in [-0.4, -0.2) is 271 Å². The van der Waals surface area contributed by atoms with Gasteiger partial charge in [-0.05, 0) is 145 Å². The number of hydrogen-bond donors (Lipinski definition) is 1. The lowest BCUT2D eigenvalue weighted by Gasteiger charge is -2.41. The Bertz CT molecular complexity index is 5180. The van der Waals surface area contributed by atoms with E-state index in [1.807, 2.05) is 4.90 Å². The summed E-state index contributed by atoms with van der Waals surface area (Å²) in [6, 6.07) is 34.0. The van der Waals surface area contributed by atoms with Gasteiger partial charge in [0.25, 0.3) is 0 Å². The van der Waals surface area contributed by atoms with Crippen LogP contribution in [0.1, 0.15) is 92.1 Å². The Balaban J connectivity index is 0.000000142. The molecule has 17 rings (SSSR count). The van der Waals surface area contributed by atoms with E-state index in [9.17, 15) is 23.9 Å². The van der Waals surface area contributed by atoms with Crippen LogP contribution in [0.3, 0.4) is 0 Å². The first-order chi connectivity index (χ1) is 59.6. The molecule has 29 heteroatoms. The topological polar surface area (TPSA) is 224 Å². The zero-order valence-corrected chi connectivity index (χ0v) is 71.1. The number of halogens is 2. The van der Waals surface area contributed by atoms with Crippen molar-refractivity contribution in [3.8, 4) is 23.8 Å². The number of aromatic nitrogens is 6. The molecule has 0 bridgehead atoms. The molecule has 0 saturated carbocycles. The van der Waals surface area contributed by atoms with Gasteiger partial charge >= 0.3 is 18.0 Å². The summed E-state index contributed by atoms with van der Waals surface area (Å²) >= 11 is 6.01. The summed E-state index contributed by atoms with van der Waals surface area (Å²) in [6.45, 7) is 46.4. The number of hydrogen-bond acceptors (Lipinski definition) is 22. The first kappa shape index (κ1) is 85.5. The number of piperidine rings is 1. The molecule has 5 aromatic carbocycles. The lowest BCUT2D eigenvalue weighted by atomic mass is 10.0. The molecule has 0 spiro atoms. The maximum Gasteiger partial charge on any atom is 0.318 e. The molecule has 0 radical (unpaired) electrons. The molecule has 6 saturated heterocycles. The third-order valence-corrected chi connectivity index (χ3v) is 25.7. The number of carbonyl (C=O) groups excluding carboxylic acids is 3. The fourth-order valence-electron chi connectivity index (χ4n) is 18.9. The largest absolute Gasteiger partial charge is 0.508 e. The minimum Gasteiger partial charge on any atom is -0.508 e. The van der Waals surface area contributed by atoms with Crippen molar-refractivity contribution in [1.82, 2.24) is 59.3 Å². The second kappa shape index (κ2) is 40.1. The number of phenolic OH excluding ortho intramolecular Hbond substituents is 1. The summed E-state index contributed by atoms with van der Waals surface area (Å²) in [4.78, 5) is 99.8. The minimum absolute atomic E-state index is 0.0699. The van der Waals surface area contributed by atoms with E-state index < -0.39 is 5.82 Å². The Morgan fingerprint density at radius 2 is 0.984 bits per heavy atom. The number of anilines is 6. The maximum absolute atomic E-state index is 14.9.